The predicted molar refractivity (Wildman–Crippen MR) is 29.7 cm³/mol. The average Bonchev–Trinajstić information content (AvgIpc) is 1.14. The van der Waals surface area contributed by atoms with Crippen molar-refractivity contribution in [1.29, 1.82) is 0 Å². The van der Waals surface area contributed by atoms with Gasteiger partial charge < -0.3 is 0 Å². The minimum Gasteiger partial charge on any atom is -0.0654 e. The molecule has 0 aromatic rings. The molecule has 0 aliphatic carbocycles. The van der Waals surface area contributed by atoms with E-state index in [0.29, 0.717) is 6.42 Å². The third-order valence-corrected chi connectivity index (χ3v) is 0.530. The van der Waals surface area contributed by atoms with Crippen LogP contribution in [0.5, 0.6) is 0 Å². The van der Waals surface area contributed by atoms with Gasteiger partial charge in [-0.05, 0) is 5.89 Å². The Hall–Kier alpha value is 0. The van der Waals surface area contributed by atoms with Crippen molar-refractivity contribution >= 4 is 0 Å². The molecule has 0 heterocycles. The molecule has 0 bridgehead atoms. The minimum absolute atomic E-state index is 0.292. The van der Waals surface area contributed by atoms with Crippen molar-refractivity contribution in [3.05, 3.63) is 0 Å². The molecule has 38 valence electrons. The SMILES string of the molecule is [2H]C([2H])(C)CC([2H])(C)C. The zero-order valence-corrected chi connectivity index (χ0v) is 4.71. The van der Waals surface area contributed by atoms with Crippen LogP contribution in [0.1, 0.15) is 37.7 Å². The summed E-state index contributed by atoms with van der Waals surface area (Å²) in [5.74, 6) is -0.641. The molecule has 0 nitrogen and oxygen atoms in total. The van der Waals surface area contributed by atoms with Crippen molar-refractivity contribution in [2.75, 3.05) is 0 Å². The maximum atomic E-state index is 7.35. The zero-order chi connectivity index (χ0) is 7.71. The number of hydrogen-bond donors (Lipinski definition) is 0. The molecule has 6 heavy (non-hydrogen) atoms. The van der Waals surface area contributed by atoms with E-state index in [2.05, 4.69) is 0 Å². The van der Waals surface area contributed by atoms with Crippen LogP contribution in [0.25, 0.3) is 0 Å². The van der Waals surface area contributed by atoms with E-state index in [0.717, 1.165) is 0 Å². The largest absolute Gasteiger partial charge is 0.0654 e. The second-order valence-corrected chi connectivity index (χ2v) is 1.74. The molecule has 0 amide bonds. The lowest BCUT2D eigenvalue weighted by molar-refractivity contribution is 0.576. The predicted octanol–water partition coefficient (Wildman–Crippen LogP) is 2.44. The third-order valence-electron chi connectivity index (χ3n) is 0.530. The van der Waals surface area contributed by atoms with Gasteiger partial charge >= 0.3 is 0 Å². The first-order valence-electron chi connectivity index (χ1n) is 3.71. The lowest BCUT2D eigenvalue weighted by atomic mass is 10.1. The van der Waals surface area contributed by atoms with Crippen LogP contribution in [0, 0.1) is 5.89 Å². The molecule has 0 rings (SSSR count). The molecule has 0 fully saturated rings. The quantitative estimate of drug-likeness (QED) is 0.487. The maximum absolute atomic E-state index is 7.35. The van der Waals surface area contributed by atoms with Crippen LogP contribution < -0.4 is 0 Å². The zero-order valence-electron chi connectivity index (χ0n) is 7.71. The van der Waals surface area contributed by atoms with Gasteiger partial charge in [-0.25, -0.2) is 0 Å². The van der Waals surface area contributed by atoms with E-state index in [4.69, 9.17) is 4.11 Å². The van der Waals surface area contributed by atoms with Gasteiger partial charge in [-0.15, -0.1) is 0 Å². The highest BCUT2D eigenvalue weighted by atomic mass is 13.9. The van der Waals surface area contributed by atoms with Gasteiger partial charge in [0.25, 0.3) is 0 Å². The molecule has 0 saturated heterocycles. The molecule has 0 aliphatic heterocycles. The summed E-state index contributed by atoms with van der Waals surface area (Å²) in [5.41, 5.74) is 0. The Labute approximate surface area is 44.8 Å². The molecule has 0 aliphatic rings. The standard InChI is InChI=1S/C6H14/c1-4-5-6(2)3/h6H,4-5H2,1-3H3/i4D2,6D. The van der Waals surface area contributed by atoms with Crippen molar-refractivity contribution in [2.24, 2.45) is 5.89 Å². The van der Waals surface area contributed by atoms with Crippen LogP contribution in [-0.2, 0) is 0 Å². The van der Waals surface area contributed by atoms with E-state index in [1.165, 1.54) is 6.92 Å². The fraction of sp³-hybridized carbons (Fsp3) is 1.00. The summed E-state index contributed by atoms with van der Waals surface area (Å²) in [4.78, 5) is 0. The topological polar surface area (TPSA) is 0 Å². The van der Waals surface area contributed by atoms with Gasteiger partial charge in [-0.3, -0.25) is 0 Å². The molecule has 0 aromatic heterocycles. The summed E-state index contributed by atoms with van der Waals surface area (Å²) in [7, 11) is 0. The molecule has 0 saturated carbocycles. The Morgan fingerprint density at radius 3 is 2.33 bits per heavy atom. The lowest BCUT2D eigenvalue weighted by Crippen LogP contribution is -1.81. The molecular weight excluding hydrogens is 72.1 g/mol. The molecule has 0 aromatic carbocycles. The Bertz CT molecular complexity index is 73.5. The molecule has 0 heteroatoms. The van der Waals surface area contributed by atoms with Gasteiger partial charge in [0.2, 0.25) is 0 Å². The van der Waals surface area contributed by atoms with Gasteiger partial charge in [0, 0.05) is 4.11 Å². The summed E-state index contributed by atoms with van der Waals surface area (Å²) >= 11 is 0. The molecule has 0 unspecified atom stereocenters. The van der Waals surface area contributed by atoms with Gasteiger partial charge in [0.05, 0.1) is 0 Å². The van der Waals surface area contributed by atoms with E-state index < -0.39 is 12.3 Å². The smallest absolute Gasteiger partial charge is 0.0297 e. The Kier molecular flexibility index (Phi) is 1.25. The Balaban J connectivity index is 3.75. The lowest BCUT2D eigenvalue weighted by Gasteiger charge is -1.95. The highest BCUT2D eigenvalue weighted by molar-refractivity contribution is 4.38. The second kappa shape index (κ2) is 3.20. The first-order chi connectivity index (χ1) is 3.71. The van der Waals surface area contributed by atoms with E-state index in [1.54, 1.807) is 13.8 Å². The van der Waals surface area contributed by atoms with Crippen LogP contribution >= 0.6 is 0 Å². The van der Waals surface area contributed by atoms with E-state index >= 15 is 0 Å². The van der Waals surface area contributed by atoms with Gasteiger partial charge in [0.15, 0.2) is 0 Å². The van der Waals surface area contributed by atoms with Crippen LogP contribution in [0.4, 0.5) is 0 Å². The second-order valence-electron chi connectivity index (χ2n) is 1.74. The normalized spacial score (nSPS) is 21.5. The summed E-state index contributed by atoms with van der Waals surface area (Å²) < 4.78 is 21.6. The highest BCUT2D eigenvalue weighted by Gasteiger charge is 1.85. The van der Waals surface area contributed by atoms with Crippen molar-refractivity contribution in [1.82, 2.24) is 0 Å². The van der Waals surface area contributed by atoms with Crippen LogP contribution in [0.2, 0.25) is 0 Å². The van der Waals surface area contributed by atoms with Crippen LogP contribution in [0.3, 0.4) is 0 Å². The van der Waals surface area contributed by atoms with E-state index in [-0.39, 0.29) is 0 Å². The molecule has 0 spiro atoms. The molecular formula is C6H14. The summed E-state index contributed by atoms with van der Waals surface area (Å²) in [6, 6.07) is 0. The summed E-state index contributed by atoms with van der Waals surface area (Å²) in [6.45, 7) is 4.94. The van der Waals surface area contributed by atoms with Crippen LogP contribution in [0.15, 0.2) is 0 Å². The maximum Gasteiger partial charge on any atom is 0.0297 e. The van der Waals surface area contributed by atoms with Crippen molar-refractivity contribution in [3.63, 3.8) is 0 Å². The first-order valence-corrected chi connectivity index (χ1v) is 2.21. The molecule has 0 radical (unpaired) electrons. The van der Waals surface area contributed by atoms with Gasteiger partial charge in [0.1, 0.15) is 0 Å². The minimum atomic E-state index is -1.20. The van der Waals surface area contributed by atoms with Crippen LogP contribution in [-0.4, -0.2) is 0 Å². The third kappa shape index (κ3) is 4.00. The van der Waals surface area contributed by atoms with Crippen molar-refractivity contribution in [2.45, 2.75) is 33.6 Å². The molecule has 0 atom stereocenters. The fourth-order valence-corrected chi connectivity index (χ4v) is 0.354. The fourth-order valence-electron chi connectivity index (χ4n) is 0.354. The van der Waals surface area contributed by atoms with Crippen molar-refractivity contribution in [3.8, 4) is 0 Å². The Morgan fingerprint density at radius 2 is 2.33 bits per heavy atom. The van der Waals surface area contributed by atoms with E-state index in [9.17, 15) is 0 Å². The van der Waals surface area contributed by atoms with Crippen molar-refractivity contribution < 1.29 is 4.11 Å². The van der Waals surface area contributed by atoms with Gasteiger partial charge in [-0.1, -0.05) is 33.6 Å². The average molecular weight is 89.2 g/mol. The summed E-state index contributed by atoms with van der Waals surface area (Å²) in [6.07, 6.45) is -0.911. The van der Waals surface area contributed by atoms with E-state index in [1.807, 2.05) is 0 Å². The Morgan fingerprint density at radius 1 is 1.83 bits per heavy atom. The number of hydrogen-bond acceptors (Lipinski definition) is 0. The highest BCUT2D eigenvalue weighted by Crippen LogP contribution is 2.00. The van der Waals surface area contributed by atoms with Gasteiger partial charge in [-0.2, -0.15) is 0 Å². The first kappa shape index (κ1) is 2.34. The number of rotatable bonds is 2. The molecule has 0 N–H and O–H groups in total. The summed E-state index contributed by atoms with van der Waals surface area (Å²) in [5, 5.41) is 0. The monoisotopic (exact) mass is 89.1 g/mol.